The molecule has 1 radical (unpaired) electrons. The molecule has 0 aromatic rings. The van der Waals surface area contributed by atoms with Gasteiger partial charge in [-0.2, -0.15) is 17.6 Å². The number of rotatable bonds is 3. The molecule has 6 heteroatoms. The van der Waals surface area contributed by atoms with Gasteiger partial charge in [0.25, 0.3) is 0 Å². The molecule has 11 heavy (non-hydrogen) atoms. The minimum atomic E-state index is -4.74. The van der Waals surface area contributed by atoms with Crippen molar-refractivity contribution in [3.05, 3.63) is 0 Å². The van der Waals surface area contributed by atoms with Crippen molar-refractivity contribution in [3.8, 4) is 0 Å². The van der Waals surface area contributed by atoms with Crippen LogP contribution in [0, 0.1) is 0 Å². The Kier molecular flexibility index (Phi) is 3.16. The maximum absolute atomic E-state index is 12.1. The van der Waals surface area contributed by atoms with Crippen LogP contribution in [0.3, 0.4) is 0 Å². The lowest BCUT2D eigenvalue weighted by Crippen LogP contribution is -2.43. The summed E-state index contributed by atoms with van der Waals surface area (Å²) in [6.07, 6.45) is -3.56. The van der Waals surface area contributed by atoms with Crippen LogP contribution in [-0.2, 0) is 0 Å². The van der Waals surface area contributed by atoms with Crippen molar-refractivity contribution < 1.29 is 22.0 Å². The van der Waals surface area contributed by atoms with E-state index >= 15 is 0 Å². The third-order valence-electron chi connectivity index (χ3n) is 1.14. The molecule has 0 N–H and O–H groups in total. The molecule has 1 unspecified atom stereocenters. The lowest BCUT2D eigenvalue weighted by molar-refractivity contribution is -0.189. The summed E-state index contributed by atoms with van der Waals surface area (Å²) in [4.78, 5) is 0. The number of halogens is 5. The Morgan fingerprint density at radius 3 is 1.73 bits per heavy atom. The van der Waals surface area contributed by atoms with Gasteiger partial charge in [0.2, 0.25) is 0 Å². The van der Waals surface area contributed by atoms with Crippen LogP contribution < -0.4 is 0 Å². The molecule has 67 valence electrons. The Bertz CT molecular complexity index is 129. The van der Waals surface area contributed by atoms with E-state index in [4.69, 9.17) is 0 Å². The first-order valence-corrected chi connectivity index (χ1v) is 3.24. The molecule has 0 aliphatic heterocycles. The van der Waals surface area contributed by atoms with Crippen LogP contribution >= 0.6 is 12.6 Å². The van der Waals surface area contributed by atoms with E-state index in [9.17, 15) is 22.0 Å². The predicted molar refractivity (Wildman–Crippen MR) is 32.7 cm³/mol. The Labute approximate surface area is 66.2 Å². The van der Waals surface area contributed by atoms with E-state index in [1.54, 1.807) is 0 Å². The molecule has 0 nitrogen and oxygen atoms in total. The Balaban J connectivity index is 4.45. The van der Waals surface area contributed by atoms with Crippen molar-refractivity contribution in [2.45, 2.75) is 30.7 Å². The van der Waals surface area contributed by atoms with E-state index in [1.165, 1.54) is 0 Å². The second-order valence-electron chi connectivity index (χ2n) is 2.02. The highest BCUT2D eigenvalue weighted by Crippen LogP contribution is 2.41. The summed E-state index contributed by atoms with van der Waals surface area (Å²) in [5, 5.41) is -4.71. The van der Waals surface area contributed by atoms with Crippen LogP contribution in [0.15, 0.2) is 0 Å². The van der Waals surface area contributed by atoms with Gasteiger partial charge >= 0.3 is 11.2 Å². The molecule has 0 spiro atoms. The van der Waals surface area contributed by atoms with Gasteiger partial charge < -0.3 is 0 Å². The first kappa shape index (κ1) is 11.0. The minimum absolute atomic E-state index is 0.681. The SMILES string of the molecule is CCC(F)C(F)(F)C(F)(F)[S]. The average molecular weight is 193 g/mol. The van der Waals surface area contributed by atoms with Crippen LogP contribution in [0.25, 0.3) is 0 Å². The Morgan fingerprint density at radius 2 is 1.64 bits per heavy atom. The second-order valence-corrected chi connectivity index (χ2v) is 2.53. The normalized spacial score (nSPS) is 16.6. The number of alkyl halides is 5. The summed E-state index contributed by atoms with van der Waals surface area (Å²) < 4.78 is 59.8. The van der Waals surface area contributed by atoms with Crippen LogP contribution in [0.1, 0.15) is 13.3 Å². The molecule has 0 aromatic carbocycles. The molecular weight excluding hydrogens is 187 g/mol. The highest BCUT2D eigenvalue weighted by atomic mass is 32.1. The molecule has 0 saturated carbocycles. The van der Waals surface area contributed by atoms with Gasteiger partial charge in [0.15, 0.2) is 6.17 Å². The fraction of sp³-hybridized carbons (Fsp3) is 1.00. The van der Waals surface area contributed by atoms with Crippen LogP contribution in [0.2, 0.25) is 0 Å². The largest absolute Gasteiger partial charge is 0.368 e. The maximum atomic E-state index is 12.1. The molecule has 0 bridgehead atoms. The van der Waals surface area contributed by atoms with E-state index in [0.717, 1.165) is 6.92 Å². The van der Waals surface area contributed by atoms with Crippen LogP contribution in [-0.4, -0.2) is 17.3 Å². The van der Waals surface area contributed by atoms with Crippen molar-refractivity contribution in [1.82, 2.24) is 0 Å². The summed E-state index contributed by atoms with van der Waals surface area (Å²) in [6, 6.07) is 0. The molecule has 0 saturated heterocycles. The van der Waals surface area contributed by atoms with Gasteiger partial charge in [-0.3, -0.25) is 0 Å². The lowest BCUT2D eigenvalue weighted by atomic mass is 10.2. The fourth-order valence-electron chi connectivity index (χ4n) is 0.439. The summed E-state index contributed by atoms with van der Waals surface area (Å²) >= 11 is 3.14. The number of hydrogen-bond donors (Lipinski definition) is 0. The zero-order valence-corrected chi connectivity index (χ0v) is 6.40. The van der Waals surface area contributed by atoms with Crippen LogP contribution in [0.5, 0.6) is 0 Å². The van der Waals surface area contributed by atoms with Gasteiger partial charge in [0.1, 0.15) is 0 Å². The summed E-state index contributed by atoms with van der Waals surface area (Å²) in [7, 11) is 0. The Hall–Kier alpha value is -0.0000000000000000555. The molecule has 0 aliphatic rings. The summed E-state index contributed by atoms with van der Waals surface area (Å²) in [5.41, 5.74) is 0. The van der Waals surface area contributed by atoms with Gasteiger partial charge in [0.05, 0.1) is 0 Å². The van der Waals surface area contributed by atoms with Crippen molar-refractivity contribution in [3.63, 3.8) is 0 Å². The first-order chi connectivity index (χ1) is 4.73. The van der Waals surface area contributed by atoms with E-state index in [2.05, 4.69) is 12.6 Å². The van der Waals surface area contributed by atoms with Gasteiger partial charge in [-0.15, -0.1) is 0 Å². The highest BCUT2D eigenvalue weighted by Gasteiger charge is 2.59. The topological polar surface area (TPSA) is 0 Å². The molecule has 0 aliphatic carbocycles. The van der Waals surface area contributed by atoms with Crippen molar-refractivity contribution in [2.75, 3.05) is 0 Å². The van der Waals surface area contributed by atoms with Crippen molar-refractivity contribution in [2.24, 2.45) is 0 Å². The molecule has 0 aromatic heterocycles. The summed E-state index contributed by atoms with van der Waals surface area (Å²) in [6.45, 7) is 1.04. The highest BCUT2D eigenvalue weighted by molar-refractivity contribution is 7.81. The first-order valence-electron chi connectivity index (χ1n) is 2.83. The maximum Gasteiger partial charge on any atom is 0.368 e. The van der Waals surface area contributed by atoms with Crippen LogP contribution in [0.4, 0.5) is 22.0 Å². The molecule has 1 atom stereocenters. The fourth-order valence-corrected chi connectivity index (χ4v) is 0.567. The van der Waals surface area contributed by atoms with Crippen molar-refractivity contribution >= 4 is 12.6 Å². The molecule has 0 amide bonds. The monoisotopic (exact) mass is 193 g/mol. The van der Waals surface area contributed by atoms with E-state index < -0.39 is 23.8 Å². The second kappa shape index (κ2) is 3.16. The smallest absolute Gasteiger partial charge is 0.241 e. The van der Waals surface area contributed by atoms with Gasteiger partial charge in [0, 0.05) is 0 Å². The third-order valence-corrected chi connectivity index (χ3v) is 1.41. The zero-order valence-electron chi connectivity index (χ0n) is 5.58. The Morgan fingerprint density at radius 1 is 1.27 bits per heavy atom. The predicted octanol–water partition coefficient (Wildman–Crippen LogP) is 3.16. The van der Waals surface area contributed by atoms with Gasteiger partial charge in [-0.05, 0) is 19.0 Å². The molecule has 0 fully saturated rings. The van der Waals surface area contributed by atoms with Gasteiger partial charge in [-0.1, -0.05) is 6.92 Å². The molecular formula is C5H6F5S. The average Bonchev–Trinajstić information content (AvgIpc) is 1.83. The van der Waals surface area contributed by atoms with Gasteiger partial charge in [-0.25, -0.2) is 4.39 Å². The summed E-state index contributed by atoms with van der Waals surface area (Å²) in [5.74, 6) is -4.74. The molecule has 0 rings (SSSR count). The van der Waals surface area contributed by atoms with E-state index in [0.29, 0.717) is 0 Å². The minimum Gasteiger partial charge on any atom is -0.241 e. The van der Waals surface area contributed by atoms with E-state index in [-0.39, 0.29) is 0 Å². The number of hydrogen-bond acceptors (Lipinski definition) is 0. The lowest BCUT2D eigenvalue weighted by Gasteiger charge is -2.23. The third kappa shape index (κ3) is 2.21. The molecule has 0 heterocycles. The zero-order chi connectivity index (χ0) is 9.28. The van der Waals surface area contributed by atoms with Crippen molar-refractivity contribution in [1.29, 1.82) is 0 Å². The standard InChI is InChI=1S/C5H6F5S/c1-2-3(6)4(7,8)5(9,10)11/h3H,2H2,1H3. The quantitative estimate of drug-likeness (QED) is 0.604. The van der Waals surface area contributed by atoms with E-state index in [1.807, 2.05) is 0 Å².